The maximum absolute atomic E-state index is 5.33. The molecule has 10 heavy (non-hydrogen) atoms. The zero-order chi connectivity index (χ0) is 6.97. The first-order chi connectivity index (χ1) is 4.88. The highest BCUT2D eigenvalue weighted by atomic mass is 32.1. The van der Waals surface area contributed by atoms with Crippen LogP contribution in [-0.2, 0) is 0 Å². The van der Waals surface area contributed by atoms with Gasteiger partial charge >= 0.3 is 0 Å². The predicted molar refractivity (Wildman–Crippen MR) is 40.6 cm³/mol. The summed E-state index contributed by atoms with van der Waals surface area (Å²) < 4.78 is 5.33. The third-order valence-electron chi connectivity index (χ3n) is 1.80. The van der Waals surface area contributed by atoms with Gasteiger partial charge in [-0.15, -0.1) is 11.3 Å². The average Bonchev–Trinajstić information content (AvgIpc) is 2.36. The summed E-state index contributed by atoms with van der Waals surface area (Å²) in [6.07, 6.45) is 1.13. The monoisotopic (exact) mass is 155 g/mol. The van der Waals surface area contributed by atoms with E-state index in [1.807, 2.05) is 5.51 Å². The highest BCUT2D eigenvalue weighted by Gasteiger charge is 2.19. The molecule has 0 spiro atoms. The van der Waals surface area contributed by atoms with Crippen LogP contribution < -0.4 is 4.74 Å². The molecule has 0 fully saturated rings. The fourth-order valence-corrected chi connectivity index (χ4v) is 1.97. The van der Waals surface area contributed by atoms with Crippen molar-refractivity contribution in [3.63, 3.8) is 0 Å². The zero-order valence-corrected chi connectivity index (χ0v) is 6.65. The molecule has 0 saturated heterocycles. The number of aromatic nitrogens is 1. The summed E-state index contributed by atoms with van der Waals surface area (Å²) in [6.45, 7) is 3.05. The van der Waals surface area contributed by atoms with Crippen molar-refractivity contribution < 1.29 is 4.74 Å². The van der Waals surface area contributed by atoms with E-state index in [4.69, 9.17) is 4.74 Å². The van der Waals surface area contributed by atoms with Crippen molar-refractivity contribution in [1.82, 2.24) is 4.98 Å². The Morgan fingerprint density at radius 3 is 3.50 bits per heavy atom. The molecule has 0 amide bonds. The van der Waals surface area contributed by atoms with Crippen LogP contribution >= 0.6 is 11.3 Å². The van der Waals surface area contributed by atoms with Crippen LogP contribution in [0.5, 0.6) is 5.88 Å². The van der Waals surface area contributed by atoms with Crippen molar-refractivity contribution >= 4 is 11.3 Å². The lowest BCUT2D eigenvalue weighted by Crippen LogP contribution is -2.09. The van der Waals surface area contributed by atoms with Gasteiger partial charge in [-0.1, -0.05) is 6.92 Å². The highest BCUT2D eigenvalue weighted by molar-refractivity contribution is 7.10. The molecule has 3 heteroatoms. The zero-order valence-electron chi connectivity index (χ0n) is 5.83. The molecule has 0 saturated carbocycles. The molecule has 1 aliphatic heterocycles. The van der Waals surface area contributed by atoms with E-state index in [9.17, 15) is 0 Å². The molecule has 0 radical (unpaired) electrons. The molecule has 2 nitrogen and oxygen atoms in total. The predicted octanol–water partition coefficient (Wildman–Crippen LogP) is 2.03. The van der Waals surface area contributed by atoms with Gasteiger partial charge in [-0.05, 0) is 12.3 Å². The first-order valence-corrected chi connectivity index (χ1v) is 4.32. The Morgan fingerprint density at radius 1 is 1.80 bits per heavy atom. The number of hydrogen-bond acceptors (Lipinski definition) is 3. The fraction of sp³-hybridized carbons (Fsp3) is 0.571. The molecular formula is C7H9NOS. The maximum Gasteiger partial charge on any atom is 0.227 e. The number of ether oxygens (including phenoxy) is 1. The molecule has 0 unspecified atom stereocenters. The topological polar surface area (TPSA) is 22.1 Å². The molecule has 1 aromatic rings. The van der Waals surface area contributed by atoms with Gasteiger partial charge in [0.05, 0.1) is 17.0 Å². The largest absolute Gasteiger partial charge is 0.477 e. The lowest BCUT2D eigenvalue weighted by atomic mass is 10.1. The number of thiazole rings is 1. The van der Waals surface area contributed by atoms with E-state index in [0.29, 0.717) is 5.92 Å². The number of hydrogen-bond donors (Lipinski definition) is 0. The van der Waals surface area contributed by atoms with Crippen LogP contribution in [0.2, 0.25) is 0 Å². The summed E-state index contributed by atoms with van der Waals surface area (Å²) in [5.74, 6) is 1.51. The van der Waals surface area contributed by atoms with Gasteiger partial charge in [0, 0.05) is 0 Å². The van der Waals surface area contributed by atoms with E-state index in [2.05, 4.69) is 11.9 Å². The minimum Gasteiger partial charge on any atom is -0.477 e. The van der Waals surface area contributed by atoms with Gasteiger partial charge in [0.15, 0.2) is 0 Å². The Bertz CT molecular complexity index is 233. The van der Waals surface area contributed by atoms with Gasteiger partial charge in [-0.3, -0.25) is 0 Å². The Labute approximate surface area is 63.9 Å². The van der Waals surface area contributed by atoms with E-state index in [-0.39, 0.29) is 0 Å². The number of nitrogens with zero attached hydrogens (tertiary/aromatic N) is 1. The number of rotatable bonds is 0. The molecule has 1 aliphatic rings. The van der Waals surface area contributed by atoms with Crippen molar-refractivity contribution in [2.75, 3.05) is 6.61 Å². The Hall–Kier alpha value is -0.570. The first kappa shape index (κ1) is 6.16. The minimum absolute atomic E-state index is 0.649. The summed E-state index contributed by atoms with van der Waals surface area (Å²) >= 11 is 1.70. The van der Waals surface area contributed by atoms with Gasteiger partial charge in [0.1, 0.15) is 0 Å². The van der Waals surface area contributed by atoms with Crippen LogP contribution in [0, 0.1) is 0 Å². The van der Waals surface area contributed by atoms with Gasteiger partial charge in [0.25, 0.3) is 0 Å². The molecule has 2 heterocycles. The van der Waals surface area contributed by atoms with Crippen LogP contribution in [0.1, 0.15) is 24.1 Å². The second-order valence-electron chi connectivity index (χ2n) is 2.56. The van der Waals surface area contributed by atoms with E-state index in [0.717, 1.165) is 18.9 Å². The van der Waals surface area contributed by atoms with Gasteiger partial charge in [-0.25, -0.2) is 4.98 Å². The van der Waals surface area contributed by atoms with Gasteiger partial charge in [0.2, 0.25) is 5.88 Å². The van der Waals surface area contributed by atoms with Crippen molar-refractivity contribution in [3.8, 4) is 5.88 Å². The Morgan fingerprint density at radius 2 is 2.70 bits per heavy atom. The maximum atomic E-state index is 5.33. The lowest BCUT2D eigenvalue weighted by molar-refractivity contribution is 0.265. The van der Waals surface area contributed by atoms with E-state index >= 15 is 0 Å². The van der Waals surface area contributed by atoms with E-state index in [1.165, 1.54) is 4.88 Å². The quantitative estimate of drug-likeness (QED) is 0.572. The number of fused-ring (bicyclic) bond motifs is 1. The van der Waals surface area contributed by atoms with Crippen molar-refractivity contribution in [2.24, 2.45) is 0 Å². The minimum atomic E-state index is 0.649. The van der Waals surface area contributed by atoms with Gasteiger partial charge in [-0.2, -0.15) is 0 Å². The third kappa shape index (κ3) is 0.814. The average molecular weight is 155 g/mol. The highest BCUT2D eigenvalue weighted by Crippen LogP contribution is 2.34. The molecule has 1 atom stereocenters. The second-order valence-corrected chi connectivity index (χ2v) is 3.45. The SMILES string of the molecule is C[C@H]1CCOc2ncsc21. The molecule has 0 aromatic carbocycles. The molecule has 2 rings (SSSR count). The summed E-state index contributed by atoms with van der Waals surface area (Å²) in [5.41, 5.74) is 1.85. The summed E-state index contributed by atoms with van der Waals surface area (Å²) in [5, 5.41) is 0. The van der Waals surface area contributed by atoms with E-state index < -0.39 is 0 Å². The molecule has 54 valence electrons. The lowest BCUT2D eigenvalue weighted by Gasteiger charge is -2.16. The van der Waals surface area contributed by atoms with Crippen LogP contribution in [0.25, 0.3) is 0 Å². The first-order valence-electron chi connectivity index (χ1n) is 3.44. The van der Waals surface area contributed by atoms with E-state index in [1.54, 1.807) is 11.3 Å². The summed E-state index contributed by atoms with van der Waals surface area (Å²) in [6, 6.07) is 0. The third-order valence-corrected chi connectivity index (χ3v) is 2.84. The van der Waals surface area contributed by atoms with Crippen LogP contribution in [0.4, 0.5) is 0 Å². The Balaban J connectivity index is 2.41. The standard InChI is InChI=1S/C7H9NOS/c1-5-2-3-9-7-6(5)10-4-8-7/h4-5H,2-3H2,1H3/t5-/m0/s1. The molecule has 0 bridgehead atoms. The second kappa shape index (κ2) is 2.23. The molecule has 0 N–H and O–H groups in total. The summed E-state index contributed by atoms with van der Waals surface area (Å²) in [4.78, 5) is 5.41. The molecular weight excluding hydrogens is 146 g/mol. The molecule has 0 aliphatic carbocycles. The smallest absolute Gasteiger partial charge is 0.227 e. The van der Waals surface area contributed by atoms with Crippen molar-refractivity contribution in [1.29, 1.82) is 0 Å². The summed E-state index contributed by atoms with van der Waals surface area (Å²) in [7, 11) is 0. The Kier molecular flexibility index (Phi) is 1.38. The fourth-order valence-electron chi connectivity index (χ4n) is 1.14. The normalized spacial score (nSPS) is 23.5. The van der Waals surface area contributed by atoms with Crippen LogP contribution in [0.15, 0.2) is 5.51 Å². The van der Waals surface area contributed by atoms with Crippen LogP contribution in [-0.4, -0.2) is 11.6 Å². The molecule has 1 aromatic heterocycles. The van der Waals surface area contributed by atoms with Crippen molar-refractivity contribution in [3.05, 3.63) is 10.4 Å². The van der Waals surface area contributed by atoms with Gasteiger partial charge < -0.3 is 4.74 Å². The van der Waals surface area contributed by atoms with Crippen LogP contribution in [0.3, 0.4) is 0 Å². The van der Waals surface area contributed by atoms with Crippen molar-refractivity contribution in [2.45, 2.75) is 19.3 Å².